The Morgan fingerprint density at radius 3 is 2.02 bits per heavy atom. The highest BCUT2D eigenvalue weighted by Gasteiger charge is 2.25. The van der Waals surface area contributed by atoms with Crippen molar-refractivity contribution in [3.8, 4) is 22.3 Å². The standard InChI is InChI=1S/C45H30N4O/c1-4-13-29(14-5-1)32-23-25-36-35-19-10-11-21-38(35)49(39(36)28-32)45-47-43(31-17-8-3-9-18-31)46-44(48-45)33-24-26-40-37(27-33)42-34(20-12-22-41(42)50-40)30-15-6-2-7-16-30/h1-28,43H,(H,46,47,48). The molecule has 236 valence electrons. The van der Waals surface area contributed by atoms with E-state index in [1.807, 2.05) is 18.2 Å². The van der Waals surface area contributed by atoms with Crippen molar-refractivity contribution >= 4 is 55.5 Å². The van der Waals surface area contributed by atoms with Gasteiger partial charge in [0.25, 0.3) is 0 Å². The summed E-state index contributed by atoms with van der Waals surface area (Å²) < 4.78 is 8.60. The summed E-state index contributed by atoms with van der Waals surface area (Å²) in [7, 11) is 0. The highest BCUT2D eigenvalue weighted by atomic mass is 16.3. The quantitative estimate of drug-likeness (QED) is 0.208. The number of para-hydroxylation sites is 1. The number of nitrogens with zero attached hydrogens (tertiary/aromatic N) is 3. The van der Waals surface area contributed by atoms with E-state index >= 15 is 0 Å². The number of benzene rings is 7. The molecule has 5 nitrogen and oxygen atoms in total. The Labute approximate surface area is 288 Å². The number of hydrogen-bond acceptors (Lipinski definition) is 4. The minimum Gasteiger partial charge on any atom is -0.456 e. The molecule has 50 heavy (non-hydrogen) atoms. The van der Waals surface area contributed by atoms with Gasteiger partial charge in [-0.05, 0) is 64.2 Å². The van der Waals surface area contributed by atoms with Gasteiger partial charge in [0, 0.05) is 27.1 Å². The van der Waals surface area contributed by atoms with Crippen LogP contribution in [0, 0.1) is 0 Å². The lowest BCUT2D eigenvalue weighted by molar-refractivity contribution is 0.667. The lowest BCUT2D eigenvalue weighted by atomic mass is 9.98. The molecule has 9 aromatic rings. The molecule has 1 unspecified atom stereocenters. The fourth-order valence-electron chi connectivity index (χ4n) is 7.32. The van der Waals surface area contributed by atoms with E-state index in [9.17, 15) is 0 Å². The van der Waals surface area contributed by atoms with Crippen molar-refractivity contribution in [3.63, 3.8) is 0 Å². The normalized spacial score (nSPS) is 14.6. The van der Waals surface area contributed by atoms with Crippen LogP contribution in [0.25, 0.3) is 66.0 Å². The third kappa shape index (κ3) is 4.63. The van der Waals surface area contributed by atoms with Gasteiger partial charge in [0.1, 0.15) is 23.2 Å². The Morgan fingerprint density at radius 1 is 0.500 bits per heavy atom. The number of hydrogen-bond donors (Lipinski definition) is 1. The van der Waals surface area contributed by atoms with Crippen LogP contribution in [0.1, 0.15) is 17.3 Å². The molecule has 0 bridgehead atoms. The van der Waals surface area contributed by atoms with Crippen molar-refractivity contribution in [1.29, 1.82) is 0 Å². The molecule has 0 amide bonds. The van der Waals surface area contributed by atoms with Crippen LogP contribution in [-0.2, 0) is 0 Å². The maximum absolute atomic E-state index is 6.38. The summed E-state index contributed by atoms with van der Waals surface area (Å²) in [5, 5.41) is 8.15. The smallest absolute Gasteiger partial charge is 0.234 e. The molecule has 5 heteroatoms. The molecular formula is C45H30N4O. The van der Waals surface area contributed by atoms with Gasteiger partial charge in [0.05, 0.1) is 11.0 Å². The Balaban J connectivity index is 1.19. The molecular weight excluding hydrogens is 613 g/mol. The number of furan rings is 1. The number of fused-ring (bicyclic) bond motifs is 6. The van der Waals surface area contributed by atoms with Crippen molar-refractivity contribution in [2.45, 2.75) is 6.17 Å². The number of rotatable bonds is 4. The van der Waals surface area contributed by atoms with Crippen molar-refractivity contribution in [2.24, 2.45) is 9.98 Å². The highest BCUT2D eigenvalue weighted by molar-refractivity contribution is 6.19. The minimum atomic E-state index is -0.344. The Morgan fingerprint density at radius 2 is 1.20 bits per heavy atom. The van der Waals surface area contributed by atoms with Gasteiger partial charge in [-0.25, -0.2) is 4.99 Å². The molecule has 10 rings (SSSR count). The zero-order chi connectivity index (χ0) is 33.0. The summed E-state index contributed by atoms with van der Waals surface area (Å²) in [6.45, 7) is 0. The van der Waals surface area contributed by atoms with Gasteiger partial charge >= 0.3 is 0 Å². The van der Waals surface area contributed by atoms with E-state index in [1.165, 1.54) is 5.56 Å². The Hall–Kier alpha value is -6.72. The highest BCUT2D eigenvalue weighted by Crippen LogP contribution is 2.38. The van der Waals surface area contributed by atoms with E-state index in [2.05, 4.69) is 162 Å². The molecule has 1 aliphatic heterocycles. The Bertz CT molecular complexity index is 2780. The molecule has 3 heterocycles. The van der Waals surface area contributed by atoms with Crippen molar-refractivity contribution in [3.05, 3.63) is 181 Å². The van der Waals surface area contributed by atoms with Gasteiger partial charge in [-0.3, -0.25) is 4.57 Å². The zero-order valence-corrected chi connectivity index (χ0v) is 27.0. The zero-order valence-electron chi connectivity index (χ0n) is 27.0. The number of aliphatic imine (C=N–C) groups is 2. The van der Waals surface area contributed by atoms with Gasteiger partial charge in [0.2, 0.25) is 5.96 Å². The maximum Gasteiger partial charge on any atom is 0.234 e. The largest absolute Gasteiger partial charge is 0.456 e. The monoisotopic (exact) mass is 642 g/mol. The lowest BCUT2D eigenvalue weighted by Gasteiger charge is -2.24. The molecule has 0 fully saturated rings. The summed E-state index contributed by atoms with van der Waals surface area (Å²) in [5.74, 6) is 1.38. The van der Waals surface area contributed by atoms with Crippen LogP contribution in [0.15, 0.2) is 184 Å². The third-order valence-corrected chi connectivity index (χ3v) is 9.68. The number of amidine groups is 1. The molecule has 7 aromatic carbocycles. The van der Waals surface area contributed by atoms with Gasteiger partial charge < -0.3 is 9.73 Å². The van der Waals surface area contributed by atoms with Crippen LogP contribution in [-0.4, -0.2) is 16.4 Å². The van der Waals surface area contributed by atoms with Crippen LogP contribution < -0.4 is 5.32 Å². The number of nitrogens with one attached hydrogen (secondary N) is 1. The first-order chi connectivity index (χ1) is 24.8. The van der Waals surface area contributed by atoms with E-state index in [4.69, 9.17) is 14.4 Å². The molecule has 0 saturated heterocycles. The van der Waals surface area contributed by atoms with E-state index in [-0.39, 0.29) is 6.17 Å². The van der Waals surface area contributed by atoms with Gasteiger partial charge in [0.15, 0.2) is 0 Å². The van der Waals surface area contributed by atoms with Crippen molar-refractivity contribution in [1.82, 2.24) is 9.88 Å². The van der Waals surface area contributed by atoms with Gasteiger partial charge in [-0.2, -0.15) is 4.99 Å². The van der Waals surface area contributed by atoms with Crippen molar-refractivity contribution in [2.75, 3.05) is 0 Å². The Kier molecular flexibility index (Phi) is 6.49. The second kappa shape index (κ2) is 11.5. The van der Waals surface area contributed by atoms with Gasteiger partial charge in [-0.1, -0.05) is 133 Å². The van der Waals surface area contributed by atoms with Crippen molar-refractivity contribution < 1.29 is 4.42 Å². The molecule has 0 spiro atoms. The van der Waals surface area contributed by atoms with Crippen LogP contribution >= 0.6 is 0 Å². The molecule has 1 atom stereocenters. The van der Waals surface area contributed by atoms with E-state index in [1.54, 1.807) is 0 Å². The predicted molar refractivity (Wildman–Crippen MR) is 206 cm³/mol. The summed E-state index contributed by atoms with van der Waals surface area (Å²) in [6, 6.07) is 59.2. The van der Waals surface area contributed by atoms with Crippen LogP contribution in [0.4, 0.5) is 0 Å². The molecule has 0 saturated carbocycles. The molecule has 1 N–H and O–H groups in total. The predicted octanol–water partition coefficient (Wildman–Crippen LogP) is 11.0. The average Bonchev–Trinajstić information content (AvgIpc) is 3.74. The van der Waals surface area contributed by atoms with E-state index in [0.29, 0.717) is 5.96 Å². The van der Waals surface area contributed by atoms with E-state index < -0.39 is 0 Å². The number of aromatic nitrogens is 1. The first-order valence-corrected chi connectivity index (χ1v) is 16.9. The molecule has 2 aromatic heterocycles. The first-order valence-electron chi connectivity index (χ1n) is 16.9. The SMILES string of the molecule is c1ccc(-c2ccc3c4ccccc4n(C4=NC(c5ccccc5)NC(c5ccc6oc7cccc(-c8ccccc8)c7c6c5)=N4)c3c2)cc1. The van der Waals surface area contributed by atoms with E-state index in [0.717, 1.165) is 77.4 Å². The topological polar surface area (TPSA) is 54.8 Å². The maximum atomic E-state index is 6.38. The van der Waals surface area contributed by atoms with Crippen LogP contribution in [0.3, 0.4) is 0 Å². The first kappa shape index (κ1) is 28.3. The molecule has 0 radical (unpaired) electrons. The summed E-state index contributed by atoms with van der Waals surface area (Å²) in [4.78, 5) is 10.6. The second-order valence-electron chi connectivity index (χ2n) is 12.7. The fourth-order valence-corrected chi connectivity index (χ4v) is 7.32. The second-order valence-corrected chi connectivity index (χ2v) is 12.7. The van der Waals surface area contributed by atoms with Crippen LogP contribution in [0.5, 0.6) is 0 Å². The summed E-state index contributed by atoms with van der Waals surface area (Å²) in [6.07, 6.45) is -0.344. The summed E-state index contributed by atoms with van der Waals surface area (Å²) >= 11 is 0. The lowest BCUT2D eigenvalue weighted by Crippen LogP contribution is -2.35. The average molecular weight is 643 g/mol. The fraction of sp³-hybridized carbons (Fsp3) is 0.0222. The van der Waals surface area contributed by atoms with Gasteiger partial charge in [-0.15, -0.1) is 0 Å². The molecule has 1 aliphatic rings. The summed E-state index contributed by atoms with van der Waals surface area (Å²) in [5.41, 5.74) is 10.5. The molecule has 0 aliphatic carbocycles. The van der Waals surface area contributed by atoms with Crippen LogP contribution in [0.2, 0.25) is 0 Å². The minimum absolute atomic E-state index is 0.344. The third-order valence-electron chi connectivity index (χ3n) is 9.68.